The smallest absolute Gasteiger partial charge is 0.0789 e. The van der Waals surface area contributed by atoms with Gasteiger partial charge in [0.15, 0.2) is 0 Å². The molecular formula is C8H20Cl2N2O. The van der Waals surface area contributed by atoms with Crippen molar-refractivity contribution >= 4 is 24.8 Å². The highest BCUT2D eigenvalue weighted by atomic mass is 35.5. The second-order valence-electron chi connectivity index (χ2n) is 3.25. The number of rotatable bonds is 3. The van der Waals surface area contributed by atoms with Crippen molar-refractivity contribution in [2.45, 2.75) is 25.4 Å². The van der Waals surface area contributed by atoms with Gasteiger partial charge in [0, 0.05) is 13.1 Å². The lowest BCUT2D eigenvalue weighted by Gasteiger charge is -2.27. The number of hydrogen-bond donors (Lipinski definition) is 2. The van der Waals surface area contributed by atoms with Gasteiger partial charge in [0.05, 0.1) is 6.10 Å². The van der Waals surface area contributed by atoms with E-state index < -0.39 is 0 Å². The number of β-amino-alcohol motifs (C(OH)–C–C–N with tert-alkyl or cyclic N) is 1. The average Bonchev–Trinajstić information content (AvgIpc) is 2.06. The Hall–Kier alpha value is 0.460. The lowest BCUT2D eigenvalue weighted by molar-refractivity contribution is 0.107. The van der Waals surface area contributed by atoms with Crippen molar-refractivity contribution in [2.24, 2.45) is 5.73 Å². The van der Waals surface area contributed by atoms with E-state index in [1.807, 2.05) is 0 Å². The fraction of sp³-hybridized carbons (Fsp3) is 1.00. The Labute approximate surface area is 92.5 Å². The van der Waals surface area contributed by atoms with Crippen LogP contribution in [0.25, 0.3) is 0 Å². The number of aliphatic hydroxyl groups is 1. The molecule has 1 fully saturated rings. The first kappa shape index (κ1) is 15.9. The number of halogens is 2. The number of hydrogen-bond acceptors (Lipinski definition) is 3. The normalized spacial score (nSPS) is 19.8. The van der Waals surface area contributed by atoms with Crippen LogP contribution in [0, 0.1) is 0 Å². The predicted molar refractivity (Wildman–Crippen MR) is 59.8 cm³/mol. The van der Waals surface area contributed by atoms with Crippen molar-refractivity contribution in [3.8, 4) is 0 Å². The molecule has 3 N–H and O–H groups in total. The molecule has 0 aromatic rings. The molecule has 1 saturated heterocycles. The molecule has 0 aromatic carbocycles. The Morgan fingerprint density at radius 3 is 2.15 bits per heavy atom. The van der Waals surface area contributed by atoms with Crippen molar-refractivity contribution in [1.29, 1.82) is 0 Å². The zero-order valence-corrected chi connectivity index (χ0v) is 9.45. The molecule has 1 rings (SSSR count). The van der Waals surface area contributed by atoms with Crippen LogP contribution in [0.3, 0.4) is 0 Å². The van der Waals surface area contributed by atoms with Crippen molar-refractivity contribution in [3.63, 3.8) is 0 Å². The molecule has 13 heavy (non-hydrogen) atoms. The molecule has 0 saturated carbocycles. The van der Waals surface area contributed by atoms with Gasteiger partial charge >= 0.3 is 0 Å². The summed E-state index contributed by atoms with van der Waals surface area (Å²) in [4.78, 5) is 2.29. The summed E-state index contributed by atoms with van der Waals surface area (Å²) >= 11 is 0. The van der Waals surface area contributed by atoms with Crippen LogP contribution in [0.2, 0.25) is 0 Å². The molecule has 0 unspecified atom stereocenters. The molecule has 0 aliphatic carbocycles. The van der Waals surface area contributed by atoms with Crippen LogP contribution in [0.5, 0.6) is 0 Å². The van der Waals surface area contributed by atoms with Crippen molar-refractivity contribution in [2.75, 3.05) is 26.2 Å². The maximum atomic E-state index is 9.24. The maximum Gasteiger partial charge on any atom is 0.0789 e. The number of aliphatic hydroxyl groups excluding tert-OH is 1. The largest absolute Gasteiger partial charge is 0.390 e. The Morgan fingerprint density at radius 1 is 1.15 bits per heavy atom. The Bertz CT molecular complexity index is 110. The van der Waals surface area contributed by atoms with Gasteiger partial charge in [-0.3, -0.25) is 0 Å². The van der Waals surface area contributed by atoms with E-state index in [2.05, 4.69) is 4.90 Å². The summed E-state index contributed by atoms with van der Waals surface area (Å²) in [5, 5.41) is 9.24. The molecule has 0 aromatic heterocycles. The van der Waals surface area contributed by atoms with Crippen LogP contribution in [0.1, 0.15) is 19.3 Å². The van der Waals surface area contributed by atoms with Crippen LogP contribution >= 0.6 is 24.8 Å². The molecule has 0 bridgehead atoms. The van der Waals surface area contributed by atoms with Crippen LogP contribution < -0.4 is 5.73 Å². The van der Waals surface area contributed by atoms with E-state index in [-0.39, 0.29) is 30.9 Å². The summed E-state index contributed by atoms with van der Waals surface area (Å²) in [6, 6.07) is 0. The molecule has 1 aliphatic heterocycles. The first-order chi connectivity index (χ1) is 5.33. The predicted octanol–water partition coefficient (Wildman–Crippen LogP) is 0.635. The monoisotopic (exact) mass is 230 g/mol. The number of piperidine rings is 1. The minimum atomic E-state index is -0.326. The Balaban J connectivity index is 0. The van der Waals surface area contributed by atoms with Crippen LogP contribution in [0.4, 0.5) is 0 Å². The SMILES string of the molecule is Cl.Cl.NC[C@@H](O)CN1CCCCC1. The maximum absolute atomic E-state index is 9.24. The second-order valence-corrected chi connectivity index (χ2v) is 3.25. The number of likely N-dealkylation sites (tertiary alicyclic amines) is 1. The van der Waals surface area contributed by atoms with Gasteiger partial charge in [-0.2, -0.15) is 0 Å². The minimum Gasteiger partial charge on any atom is -0.390 e. The van der Waals surface area contributed by atoms with E-state index >= 15 is 0 Å². The molecule has 82 valence electrons. The first-order valence-electron chi connectivity index (χ1n) is 4.43. The van der Waals surface area contributed by atoms with Gasteiger partial charge < -0.3 is 15.7 Å². The zero-order chi connectivity index (χ0) is 8.10. The fourth-order valence-corrected chi connectivity index (χ4v) is 1.51. The van der Waals surface area contributed by atoms with Gasteiger partial charge in [0.25, 0.3) is 0 Å². The average molecular weight is 231 g/mol. The first-order valence-corrected chi connectivity index (χ1v) is 4.43. The van der Waals surface area contributed by atoms with E-state index in [4.69, 9.17) is 5.73 Å². The summed E-state index contributed by atoms with van der Waals surface area (Å²) in [7, 11) is 0. The van der Waals surface area contributed by atoms with Crippen molar-refractivity contribution in [1.82, 2.24) is 4.90 Å². The van der Waals surface area contributed by atoms with E-state index in [9.17, 15) is 5.11 Å². The van der Waals surface area contributed by atoms with Crippen LogP contribution in [0.15, 0.2) is 0 Å². The molecule has 1 atom stereocenters. The second kappa shape index (κ2) is 9.03. The molecule has 5 heteroatoms. The number of nitrogens with two attached hydrogens (primary N) is 1. The van der Waals surface area contributed by atoms with Gasteiger partial charge in [-0.05, 0) is 25.9 Å². The molecule has 1 heterocycles. The third kappa shape index (κ3) is 6.52. The molecule has 0 amide bonds. The summed E-state index contributed by atoms with van der Waals surface area (Å²) in [6.45, 7) is 3.42. The van der Waals surface area contributed by atoms with Gasteiger partial charge in [0.1, 0.15) is 0 Å². The standard InChI is InChI=1S/C8H18N2O.2ClH/c9-6-8(11)7-10-4-2-1-3-5-10;;/h8,11H,1-7,9H2;2*1H/t8-;;/m1../s1. The summed E-state index contributed by atoms with van der Waals surface area (Å²) in [6.07, 6.45) is 3.57. The van der Waals surface area contributed by atoms with Crippen LogP contribution in [-0.4, -0.2) is 42.3 Å². The molecule has 0 spiro atoms. The summed E-state index contributed by atoms with van der Waals surface area (Å²) in [5.41, 5.74) is 5.31. The Morgan fingerprint density at radius 2 is 1.69 bits per heavy atom. The molecule has 0 radical (unpaired) electrons. The molecular weight excluding hydrogens is 211 g/mol. The summed E-state index contributed by atoms with van der Waals surface area (Å²) in [5.74, 6) is 0. The van der Waals surface area contributed by atoms with E-state index in [1.165, 1.54) is 19.3 Å². The topological polar surface area (TPSA) is 49.5 Å². The van der Waals surface area contributed by atoms with E-state index in [1.54, 1.807) is 0 Å². The van der Waals surface area contributed by atoms with Gasteiger partial charge in [-0.25, -0.2) is 0 Å². The van der Waals surface area contributed by atoms with E-state index in [0.29, 0.717) is 6.54 Å². The Kier molecular flexibility index (Phi) is 11.1. The van der Waals surface area contributed by atoms with Gasteiger partial charge in [-0.1, -0.05) is 6.42 Å². The van der Waals surface area contributed by atoms with Gasteiger partial charge in [-0.15, -0.1) is 24.8 Å². The van der Waals surface area contributed by atoms with Crippen molar-refractivity contribution in [3.05, 3.63) is 0 Å². The molecule has 3 nitrogen and oxygen atoms in total. The lowest BCUT2D eigenvalue weighted by Crippen LogP contribution is -2.39. The molecule has 1 aliphatic rings. The van der Waals surface area contributed by atoms with Crippen molar-refractivity contribution < 1.29 is 5.11 Å². The van der Waals surface area contributed by atoms with E-state index in [0.717, 1.165) is 19.6 Å². The number of nitrogens with zero attached hydrogens (tertiary/aromatic N) is 1. The quantitative estimate of drug-likeness (QED) is 0.749. The third-order valence-electron chi connectivity index (χ3n) is 2.19. The highest BCUT2D eigenvalue weighted by Gasteiger charge is 2.12. The fourth-order valence-electron chi connectivity index (χ4n) is 1.51. The highest BCUT2D eigenvalue weighted by molar-refractivity contribution is 5.85. The minimum absolute atomic E-state index is 0. The zero-order valence-electron chi connectivity index (χ0n) is 7.82. The van der Waals surface area contributed by atoms with Crippen LogP contribution in [-0.2, 0) is 0 Å². The highest BCUT2D eigenvalue weighted by Crippen LogP contribution is 2.08. The summed E-state index contributed by atoms with van der Waals surface area (Å²) < 4.78 is 0. The van der Waals surface area contributed by atoms with Gasteiger partial charge in [0.2, 0.25) is 0 Å². The lowest BCUT2D eigenvalue weighted by atomic mass is 10.1. The third-order valence-corrected chi connectivity index (χ3v) is 2.19.